The van der Waals surface area contributed by atoms with E-state index < -0.39 is 0 Å². The first-order chi connectivity index (χ1) is 9.66. The molecule has 5 nitrogen and oxygen atoms in total. The molecule has 1 saturated heterocycles. The van der Waals surface area contributed by atoms with Gasteiger partial charge in [0, 0.05) is 19.1 Å². The van der Waals surface area contributed by atoms with Gasteiger partial charge in [0.2, 0.25) is 5.91 Å². The lowest BCUT2D eigenvalue weighted by Gasteiger charge is -2.15. The van der Waals surface area contributed by atoms with E-state index in [-0.39, 0.29) is 12.0 Å². The zero-order valence-corrected chi connectivity index (χ0v) is 11.8. The van der Waals surface area contributed by atoms with E-state index in [4.69, 9.17) is 15.2 Å². The molecule has 2 atom stereocenters. The van der Waals surface area contributed by atoms with Gasteiger partial charge in [-0.25, -0.2) is 0 Å². The Hall–Kier alpha value is -1.75. The molecule has 2 rings (SSSR count). The molecule has 1 amide bonds. The number of carbonyl (C=O) groups is 1. The molecule has 110 valence electrons. The summed E-state index contributed by atoms with van der Waals surface area (Å²) in [4.78, 5) is 11.7. The number of anilines is 1. The third kappa shape index (κ3) is 4.13. The fourth-order valence-electron chi connectivity index (χ4n) is 2.24. The summed E-state index contributed by atoms with van der Waals surface area (Å²) in [5.41, 5.74) is 6.34. The van der Waals surface area contributed by atoms with Crippen molar-refractivity contribution in [1.82, 2.24) is 5.32 Å². The van der Waals surface area contributed by atoms with E-state index in [1.165, 1.54) is 0 Å². The van der Waals surface area contributed by atoms with Crippen LogP contribution in [-0.2, 0) is 9.53 Å². The van der Waals surface area contributed by atoms with Crippen LogP contribution in [0.15, 0.2) is 24.3 Å². The molecular weight excluding hydrogens is 256 g/mol. The Bertz CT molecular complexity index is 450. The summed E-state index contributed by atoms with van der Waals surface area (Å²) in [6.07, 6.45) is 1.57. The molecule has 1 fully saturated rings. The van der Waals surface area contributed by atoms with Gasteiger partial charge in [0.05, 0.1) is 24.8 Å². The number of nitrogens with two attached hydrogens (primary N) is 1. The summed E-state index contributed by atoms with van der Waals surface area (Å²) >= 11 is 0. The van der Waals surface area contributed by atoms with Crippen molar-refractivity contribution in [3.05, 3.63) is 24.3 Å². The number of benzene rings is 1. The van der Waals surface area contributed by atoms with Gasteiger partial charge in [0.25, 0.3) is 0 Å². The highest BCUT2D eigenvalue weighted by atomic mass is 16.5. The molecule has 0 bridgehead atoms. The molecule has 3 N–H and O–H groups in total. The maximum absolute atomic E-state index is 11.7. The van der Waals surface area contributed by atoms with Crippen molar-refractivity contribution in [3.8, 4) is 5.75 Å². The summed E-state index contributed by atoms with van der Waals surface area (Å²) in [6, 6.07) is 7.27. The molecule has 0 aromatic heterocycles. The number of rotatable bonds is 6. The van der Waals surface area contributed by atoms with E-state index in [0.29, 0.717) is 36.9 Å². The smallest absolute Gasteiger partial charge is 0.223 e. The van der Waals surface area contributed by atoms with Gasteiger partial charge in [-0.15, -0.1) is 0 Å². The Balaban J connectivity index is 1.64. The van der Waals surface area contributed by atoms with E-state index in [1.54, 1.807) is 12.1 Å². The number of hydrogen-bond acceptors (Lipinski definition) is 4. The van der Waals surface area contributed by atoms with Crippen LogP contribution in [0.1, 0.15) is 19.8 Å². The Morgan fingerprint density at radius 2 is 2.30 bits per heavy atom. The Labute approximate surface area is 119 Å². The number of para-hydroxylation sites is 2. The maximum atomic E-state index is 11.7. The van der Waals surface area contributed by atoms with Crippen molar-refractivity contribution in [2.45, 2.75) is 25.9 Å². The minimum atomic E-state index is -0.00129. The minimum absolute atomic E-state index is 0.00129. The lowest BCUT2D eigenvalue weighted by molar-refractivity contribution is -0.121. The van der Waals surface area contributed by atoms with Crippen LogP contribution in [0.25, 0.3) is 0 Å². The minimum Gasteiger partial charge on any atom is -0.491 e. The quantitative estimate of drug-likeness (QED) is 0.775. The molecule has 1 aromatic rings. The van der Waals surface area contributed by atoms with Crippen LogP contribution in [0.4, 0.5) is 5.69 Å². The molecule has 0 spiro atoms. The van der Waals surface area contributed by atoms with Crippen LogP contribution in [0, 0.1) is 5.92 Å². The topological polar surface area (TPSA) is 73.6 Å². The van der Waals surface area contributed by atoms with Gasteiger partial charge in [0.1, 0.15) is 5.75 Å². The highest BCUT2D eigenvalue weighted by Crippen LogP contribution is 2.20. The first kappa shape index (κ1) is 14.7. The average Bonchev–Trinajstić information content (AvgIpc) is 2.84. The summed E-state index contributed by atoms with van der Waals surface area (Å²) in [5, 5.41) is 2.93. The normalized spacial score (nSPS) is 21.6. The zero-order chi connectivity index (χ0) is 14.4. The number of nitrogen functional groups attached to an aromatic ring is 1. The predicted molar refractivity (Wildman–Crippen MR) is 77.5 cm³/mol. The van der Waals surface area contributed by atoms with Crippen molar-refractivity contribution in [2.75, 3.05) is 25.5 Å². The van der Waals surface area contributed by atoms with Crippen LogP contribution in [0.3, 0.4) is 0 Å². The lowest BCUT2D eigenvalue weighted by Crippen LogP contribution is -2.32. The molecule has 1 heterocycles. The second-order valence-corrected chi connectivity index (χ2v) is 5.07. The summed E-state index contributed by atoms with van der Waals surface area (Å²) in [6.45, 7) is 3.84. The maximum Gasteiger partial charge on any atom is 0.223 e. The number of amides is 1. The molecule has 0 radical (unpaired) electrons. The van der Waals surface area contributed by atoms with Crippen molar-refractivity contribution >= 4 is 11.6 Å². The lowest BCUT2D eigenvalue weighted by atomic mass is 10.0. The standard InChI is InChI=1S/C15H22N2O3/c1-11-12(6-8-19-11)10-17-15(18)7-9-20-14-5-3-2-4-13(14)16/h2-5,11-12H,6-10,16H2,1H3,(H,17,18). The predicted octanol–water partition coefficient (Wildman–Crippen LogP) is 1.58. The third-order valence-electron chi connectivity index (χ3n) is 3.60. The first-order valence-corrected chi connectivity index (χ1v) is 7.02. The van der Waals surface area contributed by atoms with Crippen LogP contribution < -0.4 is 15.8 Å². The Morgan fingerprint density at radius 1 is 1.50 bits per heavy atom. The number of ether oxygens (including phenoxy) is 2. The zero-order valence-electron chi connectivity index (χ0n) is 11.8. The fourth-order valence-corrected chi connectivity index (χ4v) is 2.24. The largest absolute Gasteiger partial charge is 0.491 e. The molecule has 1 aliphatic heterocycles. The van der Waals surface area contributed by atoms with E-state index in [2.05, 4.69) is 5.32 Å². The second kappa shape index (κ2) is 7.14. The molecule has 20 heavy (non-hydrogen) atoms. The van der Waals surface area contributed by atoms with Crippen LogP contribution in [0.2, 0.25) is 0 Å². The summed E-state index contributed by atoms with van der Waals surface area (Å²) in [7, 11) is 0. The van der Waals surface area contributed by atoms with Gasteiger partial charge in [-0.1, -0.05) is 12.1 Å². The van der Waals surface area contributed by atoms with Gasteiger partial charge in [-0.2, -0.15) is 0 Å². The van der Waals surface area contributed by atoms with E-state index in [9.17, 15) is 4.79 Å². The van der Waals surface area contributed by atoms with Crippen molar-refractivity contribution in [2.24, 2.45) is 5.92 Å². The Kier molecular flexibility index (Phi) is 5.24. The van der Waals surface area contributed by atoms with Crippen molar-refractivity contribution < 1.29 is 14.3 Å². The average molecular weight is 278 g/mol. The number of hydrogen-bond donors (Lipinski definition) is 2. The van der Waals surface area contributed by atoms with Crippen molar-refractivity contribution in [1.29, 1.82) is 0 Å². The monoisotopic (exact) mass is 278 g/mol. The van der Waals surface area contributed by atoms with Crippen LogP contribution >= 0.6 is 0 Å². The van der Waals surface area contributed by atoms with E-state index in [1.807, 2.05) is 19.1 Å². The van der Waals surface area contributed by atoms with Gasteiger partial charge in [-0.05, 0) is 25.5 Å². The summed E-state index contributed by atoms with van der Waals surface area (Å²) < 4.78 is 10.9. The highest BCUT2D eigenvalue weighted by Gasteiger charge is 2.24. The van der Waals surface area contributed by atoms with Crippen LogP contribution in [0.5, 0.6) is 5.75 Å². The second-order valence-electron chi connectivity index (χ2n) is 5.07. The molecule has 1 aromatic carbocycles. The molecule has 0 aliphatic carbocycles. The number of carbonyl (C=O) groups excluding carboxylic acids is 1. The van der Waals surface area contributed by atoms with Crippen LogP contribution in [-0.4, -0.2) is 31.8 Å². The molecule has 1 aliphatic rings. The van der Waals surface area contributed by atoms with E-state index in [0.717, 1.165) is 13.0 Å². The van der Waals surface area contributed by atoms with Crippen molar-refractivity contribution in [3.63, 3.8) is 0 Å². The van der Waals surface area contributed by atoms with Gasteiger partial charge < -0.3 is 20.5 Å². The van der Waals surface area contributed by atoms with E-state index >= 15 is 0 Å². The third-order valence-corrected chi connectivity index (χ3v) is 3.60. The Morgan fingerprint density at radius 3 is 3.00 bits per heavy atom. The van der Waals surface area contributed by atoms with Gasteiger partial charge in [0.15, 0.2) is 0 Å². The highest BCUT2D eigenvalue weighted by molar-refractivity contribution is 5.76. The first-order valence-electron chi connectivity index (χ1n) is 7.02. The SMILES string of the molecule is CC1OCCC1CNC(=O)CCOc1ccccc1N. The fraction of sp³-hybridized carbons (Fsp3) is 0.533. The molecule has 2 unspecified atom stereocenters. The molecule has 0 saturated carbocycles. The summed E-state index contributed by atoms with van der Waals surface area (Å²) in [5.74, 6) is 1.04. The molecular formula is C15H22N2O3. The van der Waals surface area contributed by atoms with Gasteiger partial charge >= 0.3 is 0 Å². The van der Waals surface area contributed by atoms with Gasteiger partial charge in [-0.3, -0.25) is 4.79 Å². The molecule has 5 heteroatoms. The number of nitrogens with one attached hydrogen (secondary N) is 1.